The van der Waals surface area contributed by atoms with Crippen molar-refractivity contribution in [3.05, 3.63) is 82.9 Å². The molecule has 1 heterocycles. The van der Waals surface area contributed by atoms with Crippen LogP contribution in [0, 0.1) is 26.6 Å². The standard InChI is InChI=1S/C23H25FN4O3S/c1-16-9-11-20(12-10-16)27(32(4,30)31)15-23(29)26-25-14-19-13-17(2)28(18(19)3)22-8-6-5-7-21(22)24/h5-14H,15H2,1-4H3,(H,26,29)/b25-14+. The molecule has 3 rings (SSSR count). The van der Waals surface area contributed by atoms with E-state index in [1.54, 1.807) is 47.0 Å². The average molecular weight is 457 g/mol. The van der Waals surface area contributed by atoms with Gasteiger partial charge in [-0.3, -0.25) is 9.10 Å². The number of nitrogens with zero attached hydrogens (tertiary/aromatic N) is 3. The number of carbonyl (C=O) groups is 1. The maximum Gasteiger partial charge on any atom is 0.260 e. The highest BCUT2D eigenvalue weighted by atomic mass is 32.2. The molecule has 0 fully saturated rings. The van der Waals surface area contributed by atoms with E-state index in [1.165, 1.54) is 12.3 Å². The van der Waals surface area contributed by atoms with Gasteiger partial charge in [-0.05, 0) is 51.1 Å². The number of hydrogen-bond donors (Lipinski definition) is 1. The third-order valence-electron chi connectivity index (χ3n) is 4.97. The number of rotatable bonds is 7. The van der Waals surface area contributed by atoms with Crippen molar-refractivity contribution < 1.29 is 17.6 Å². The van der Waals surface area contributed by atoms with Crippen LogP contribution < -0.4 is 9.73 Å². The molecule has 0 aliphatic carbocycles. The van der Waals surface area contributed by atoms with Crippen LogP contribution in [0.1, 0.15) is 22.5 Å². The molecule has 9 heteroatoms. The first-order chi connectivity index (χ1) is 15.1. The maximum atomic E-state index is 14.2. The number of hydrazone groups is 1. The minimum atomic E-state index is -3.67. The molecule has 0 aliphatic heterocycles. The lowest BCUT2D eigenvalue weighted by Gasteiger charge is -2.21. The molecule has 1 N–H and O–H groups in total. The Balaban J connectivity index is 1.74. The summed E-state index contributed by atoms with van der Waals surface area (Å²) in [5.74, 6) is -0.932. The lowest BCUT2D eigenvalue weighted by atomic mass is 10.2. The fourth-order valence-electron chi connectivity index (χ4n) is 3.37. The fraction of sp³-hybridized carbons (Fsp3) is 0.217. The molecule has 2 aromatic carbocycles. The Morgan fingerprint density at radius 1 is 1.12 bits per heavy atom. The van der Waals surface area contributed by atoms with E-state index in [1.807, 2.05) is 26.8 Å². The molecule has 0 saturated heterocycles. The van der Waals surface area contributed by atoms with E-state index in [4.69, 9.17) is 0 Å². The number of halogens is 1. The highest BCUT2D eigenvalue weighted by Gasteiger charge is 2.20. The van der Waals surface area contributed by atoms with Crippen LogP contribution in [0.25, 0.3) is 5.69 Å². The second-order valence-electron chi connectivity index (χ2n) is 7.51. The zero-order valence-electron chi connectivity index (χ0n) is 18.3. The van der Waals surface area contributed by atoms with E-state index in [-0.39, 0.29) is 5.82 Å². The Hall–Kier alpha value is -3.46. The molecular formula is C23H25FN4O3S. The van der Waals surface area contributed by atoms with Crippen LogP contribution in [0.5, 0.6) is 0 Å². The molecular weight excluding hydrogens is 431 g/mol. The van der Waals surface area contributed by atoms with E-state index in [9.17, 15) is 17.6 Å². The van der Waals surface area contributed by atoms with Crippen LogP contribution in [0.15, 0.2) is 59.7 Å². The van der Waals surface area contributed by atoms with Crippen molar-refractivity contribution in [1.29, 1.82) is 0 Å². The smallest absolute Gasteiger partial charge is 0.260 e. The maximum absolute atomic E-state index is 14.2. The number of sulfonamides is 1. The Labute approximate surface area is 187 Å². The lowest BCUT2D eigenvalue weighted by molar-refractivity contribution is -0.119. The van der Waals surface area contributed by atoms with Crippen molar-refractivity contribution in [3.63, 3.8) is 0 Å². The lowest BCUT2D eigenvalue weighted by Crippen LogP contribution is -2.39. The predicted octanol–water partition coefficient (Wildman–Crippen LogP) is 3.46. The monoisotopic (exact) mass is 456 g/mol. The summed E-state index contributed by atoms with van der Waals surface area (Å²) in [5.41, 5.74) is 6.42. The minimum Gasteiger partial charge on any atom is -0.315 e. The van der Waals surface area contributed by atoms with Crippen molar-refractivity contribution in [1.82, 2.24) is 9.99 Å². The van der Waals surface area contributed by atoms with E-state index >= 15 is 0 Å². The first kappa shape index (κ1) is 23.2. The molecule has 7 nitrogen and oxygen atoms in total. The number of para-hydroxylation sites is 1. The quantitative estimate of drug-likeness (QED) is 0.437. The number of aromatic nitrogens is 1. The van der Waals surface area contributed by atoms with Crippen LogP contribution in [0.4, 0.5) is 10.1 Å². The zero-order chi connectivity index (χ0) is 23.5. The van der Waals surface area contributed by atoms with Gasteiger partial charge in [0.2, 0.25) is 10.0 Å². The SMILES string of the molecule is Cc1ccc(N(CC(=O)N/N=C/c2cc(C)n(-c3ccccc3F)c2C)S(C)(=O)=O)cc1. The number of benzene rings is 2. The molecule has 3 aromatic rings. The third-order valence-corrected chi connectivity index (χ3v) is 6.11. The molecule has 0 bridgehead atoms. The summed E-state index contributed by atoms with van der Waals surface area (Å²) in [6.45, 7) is 5.15. The Bertz CT molecular complexity index is 1260. The summed E-state index contributed by atoms with van der Waals surface area (Å²) >= 11 is 0. The number of carbonyl (C=O) groups excluding carboxylic acids is 1. The predicted molar refractivity (Wildman–Crippen MR) is 124 cm³/mol. The summed E-state index contributed by atoms with van der Waals surface area (Å²) < 4.78 is 41.3. The molecule has 0 unspecified atom stereocenters. The normalized spacial score (nSPS) is 11.7. The second-order valence-corrected chi connectivity index (χ2v) is 9.42. The topological polar surface area (TPSA) is 83.8 Å². The molecule has 0 aliphatic rings. The third kappa shape index (κ3) is 5.23. The summed E-state index contributed by atoms with van der Waals surface area (Å²) in [6.07, 6.45) is 2.50. The summed E-state index contributed by atoms with van der Waals surface area (Å²) in [7, 11) is -3.67. The van der Waals surface area contributed by atoms with Gasteiger partial charge in [-0.25, -0.2) is 18.2 Å². The summed E-state index contributed by atoms with van der Waals surface area (Å²) in [5, 5.41) is 3.96. The van der Waals surface area contributed by atoms with Gasteiger partial charge in [-0.15, -0.1) is 0 Å². The highest BCUT2D eigenvalue weighted by Crippen LogP contribution is 2.22. The van der Waals surface area contributed by atoms with Crippen molar-refractivity contribution in [2.45, 2.75) is 20.8 Å². The number of nitrogens with one attached hydrogen (secondary N) is 1. The molecule has 0 saturated carbocycles. The molecule has 0 radical (unpaired) electrons. The van der Waals surface area contributed by atoms with Gasteiger partial charge in [-0.2, -0.15) is 5.10 Å². The highest BCUT2D eigenvalue weighted by molar-refractivity contribution is 7.92. The van der Waals surface area contributed by atoms with Gasteiger partial charge in [0.25, 0.3) is 5.91 Å². The Morgan fingerprint density at radius 2 is 1.78 bits per heavy atom. The van der Waals surface area contributed by atoms with Crippen molar-refractivity contribution >= 4 is 27.8 Å². The van der Waals surface area contributed by atoms with Crippen LogP contribution in [-0.2, 0) is 14.8 Å². The van der Waals surface area contributed by atoms with Crippen LogP contribution in [0.2, 0.25) is 0 Å². The van der Waals surface area contributed by atoms with Crippen molar-refractivity contribution in [3.8, 4) is 5.69 Å². The van der Waals surface area contributed by atoms with Crippen molar-refractivity contribution in [2.75, 3.05) is 17.1 Å². The second kappa shape index (κ2) is 9.35. The number of hydrogen-bond acceptors (Lipinski definition) is 4. The van der Waals surface area contributed by atoms with Gasteiger partial charge < -0.3 is 4.57 Å². The van der Waals surface area contributed by atoms with E-state index in [0.717, 1.165) is 27.5 Å². The van der Waals surface area contributed by atoms with Gasteiger partial charge in [0, 0.05) is 17.0 Å². The van der Waals surface area contributed by atoms with Crippen LogP contribution >= 0.6 is 0 Å². The van der Waals surface area contributed by atoms with Gasteiger partial charge in [0.05, 0.1) is 23.8 Å². The van der Waals surface area contributed by atoms with E-state index < -0.39 is 22.5 Å². The van der Waals surface area contributed by atoms with E-state index in [2.05, 4.69) is 10.5 Å². The molecule has 1 aromatic heterocycles. The first-order valence-electron chi connectivity index (χ1n) is 9.88. The summed E-state index contributed by atoms with van der Waals surface area (Å²) in [6, 6.07) is 15.1. The molecule has 0 spiro atoms. The number of anilines is 1. The van der Waals surface area contributed by atoms with E-state index in [0.29, 0.717) is 16.9 Å². The number of amides is 1. The summed E-state index contributed by atoms with van der Waals surface area (Å²) in [4.78, 5) is 12.4. The average Bonchev–Trinajstić information content (AvgIpc) is 3.00. The van der Waals surface area contributed by atoms with Gasteiger partial charge in [0.1, 0.15) is 12.4 Å². The molecule has 168 valence electrons. The first-order valence-corrected chi connectivity index (χ1v) is 11.7. The van der Waals surface area contributed by atoms with Gasteiger partial charge >= 0.3 is 0 Å². The molecule has 0 atom stereocenters. The zero-order valence-corrected chi connectivity index (χ0v) is 19.1. The molecule has 32 heavy (non-hydrogen) atoms. The van der Waals surface area contributed by atoms with Crippen LogP contribution in [0.3, 0.4) is 0 Å². The van der Waals surface area contributed by atoms with Crippen LogP contribution in [-0.4, -0.2) is 37.9 Å². The van der Waals surface area contributed by atoms with Gasteiger partial charge in [0.15, 0.2) is 0 Å². The van der Waals surface area contributed by atoms with Crippen molar-refractivity contribution in [2.24, 2.45) is 5.10 Å². The molecule has 1 amide bonds. The van der Waals surface area contributed by atoms with Gasteiger partial charge in [-0.1, -0.05) is 29.8 Å². The fourth-order valence-corrected chi connectivity index (χ4v) is 4.23. The minimum absolute atomic E-state index is 0.344. The largest absolute Gasteiger partial charge is 0.315 e. The Morgan fingerprint density at radius 3 is 2.41 bits per heavy atom. The Kier molecular flexibility index (Phi) is 6.78. The number of aryl methyl sites for hydroxylation is 2.